The summed E-state index contributed by atoms with van der Waals surface area (Å²) >= 11 is 1.85. The third kappa shape index (κ3) is 7.01. The number of nitro groups is 2. The Hall–Kier alpha value is -5.05. The van der Waals surface area contributed by atoms with E-state index in [9.17, 15) is 28.6 Å². The van der Waals surface area contributed by atoms with Crippen LogP contribution < -0.4 is 9.80 Å². The molecule has 0 saturated carbocycles. The predicted molar refractivity (Wildman–Crippen MR) is 228 cm³/mol. The fourth-order valence-electron chi connectivity index (χ4n) is 8.87. The average Bonchev–Trinajstić information content (AvgIpc) is 3.56. The van der Waals surface area contributed by atoms with Crippen molar-refractivity contribution in [1.29, 1.82) is 0 Å². The number of non-ortho nitro benzene ring substituents is 1. The monoisotopic (exact) mass is 809 g/mol. The molecule has 4 heterocycles. The second kappa shape index (κ2) is 15.4. The normalized spacial score (nSPS) is 22.1. The van der Waals surface area contributed by atoms with E-state index in [0.717, 1.165) is 53.6 Å². The van der Waals surface area contributed by atoms with Crippen LogP contribution in [0.5, 0.6) is 0 Å². The van der Waals surface area contributed by atoms with Gasteiger partial charge in [-0.25, -0.2) is 13.0 Å². The van der Waals surface area contributed by atoms with Gasteiger partial charge in [-0.2, -0.15) is 16.1 Å². The standard InChI is InChI=1S/C43H49N6O6S2/c1-7-46-35-15-11-9-13-33(35)42(3,4)39(46)21-17-30-28-56-29-31(18-22-40-43(5,6)34-14-10-12-16-36(34)47(40)8-2)41(30)44-23-25-45(26-24-44)57(54,55)38-20-19-32(48(50)51)27-37(38)49(52)53/h9-22,27H,7-8,23-26,28-29H2,1-6H3/q+1. The number of benzene rings is 3. The summed E-state index contributed by atoms with van der Waals surface area (Å²) in [6, 6.07) is 19.8. The van der Waals surface area contributed by atoms with Crippen molar-refractivity contribution in [2.45, 2.75) is 57.3 Å². The summed E-state index contributed by atoms with van der Waals surface area (Å²) in [7, 11) is -4.33. The average molecular weight is 810 g/mol. The lowest BCUT2D eigenvalue weighted by Gasteiger charge is -2.28. The van der Waals surface area contributed by atoms with Crippen molar-refractivity contribution in [3.63, 3.8) is 0 Å². The van der Waals surface area contributed by atoms with Crippen molar-refractivity contribution in [2.75, 3.05) is 60.6 Å². The number of allylic oxidation sites excluding steroid dienone is 6. The highest BCUT2D eigenvalue weighted by atomic mass is 32.2. The van der Waals surface area contributed by atoms with Crippen molar-refractivity contribution in [2.24, 2.45) is 0 Å². The number of anilines is 2. The summed E-state index contributed by atoms with van der Waals surface area (Å²) in [5, 5.41) is 23.3. The number of piperazine rings is 1. The van der Waals surface area contributed by atoms with Gasteiger partial charge in [0.05, 0.1) is 29.0 Å². The molecule has 2 fully saturated rings. The molecule has 298 valence electrons. The molecule has 0 N–H and O–H groups in total. The molecular weight excluding hydrogens is 761 g/mol. The zero-order chi connectivity index (χ0) is 40.9. The smallest absolute Gasteiger partial charge is 0.296 e. The van der Waals surface area contributed by atoms with Gasteiger partial charge in [-0.15, -0.1) is 0 Å². The highest BCUT2D eigenvalue weighted by Crippen LogP contribution is 2.49. The van der Waals surface area contributed by atoms with Gasteiger partial charge in [-0.1, -0.05) is 64.1 Å². The van der Waals surface area contributed by atoms with Crippen LogP contribution in [0.15, 0.2) is 118 Å². The Morgan fingerprint density at radius 3 is 1.68 bits per heavy atom. The fourth-order valence-corrected chi connectivity index (χ4v) is 11.4. The molecule has 0 atom stereocenters. The molecule has 0 amide bonds. The van der Waals surface area contributed by atoms with Gasteiger partial charge < -0.3 is 9.80 Å². The molecule has 4 aliphatic rings. The molecular formula is C43H49N6O6S2+. The predicted octanol–water partition coefficient (Wildman–Crippen LogP) is 7.96. The van der Waals surface area contributed by atoms with Gasteiger partial charge in [0.1, 0.15) is 0 Å². The van der Waals surface area contributed by atoms with Crippen molar-refractivity contribution in [1.82, 2.24) is 4.31 Å². The number of thioether (sulfide) groups is 1. The topological polar surface area (TPSA) is 133 Å². The molecule has 4 aliphatic heterocycles. The number of nitrogens with zero attached hydrogens (tertiary/aromatic N) is 6. The lowest BCUT2D eigenvalue weighted by atomic mass is 9.83. The van der Waals surface area contributed by atoms with Gasteiger partial charge in [0.15, 0.2) is 18.0 Å². The van der Waals surface area contributed by atoms with Gasteiger partial charge >= 0.3 is 0 Å². The number of hydrogen-bond donors (Lipinski definition) is 0. The van der Waals surface area contributed by atoms with Crippen LogP contribution >= 0.6 is 11.8 Å². The quantitative estimate of drug-likeness (QED) is 0.126. The molecule has 57 heavy (non-hydrogen) atoms. The van der Waals surface area contributed by atoms with Crippen LogP contribution in [0.3, 0.4) is 0 Å². The fraction of sp³-hybridized carbons (Fsp3) is 0.372. The van der Waals surface area contributed by atoms with Crippen LogP contribution in [0.4, 0.5) is 22.7 Å². The number of rotatable bonds is 8. The summed E-state index contributed by atoms with van der Waals surface area (Å²) in [6.45, 7) is 15.9. The summed E-state index contributed by atoms with van der Waals surface area (Å²) < 4.78 is 31.3. The lowest BCUT2D eigenvalue weighted by Crippen LogP contribution is -2.47. The van der Waals surface area contributed by atoms with E-state index in [2.05, 4.69) is 129 Å². The second-order valence-electron chi connectivity index (χ2n) is 15.7. The third-order valence-electron chi connectivity index (χ3n) is 11.8. The summed E-state index contributed by atoms with van der Waals surface area (Å²) in [6.07, 6.45) is 8.99. The number of para-hydroxylation sites is 2. The first-order valence-corrected chi connectivity index (χ1v) is 21.9. The summed E-state index contributed by atoms with van der Waals surface area (Å²) in [4.78, 5) is 25.8. The Bertz CT molecular complexity index is 2320. The van der Waals surface area contributed by atoms with Gasteiger partial charge in [0.25, 0.3) is 11.4 Å². The minimum atomic E-state index is -4.33. The minimum Gasteiger partial charge on any atom is -0.344 e. The number of nitro benzene ring substituents is 2. The van der Waals surface area contributed by atoms with Crippen molar-refractivity contribution >= 4 is 50.2 Å². The summed E-state index contributed by atoms with van der Waals surface area (Å²) in [5.74, 6) is 1.55. The van der Waals surface area contributed by atoms with Crippen LogP contribution in [0, 0.1) is 20.2 Å². The molecule has 3 aromatic carbocycles. The zero-order valence-corrected chi connectivity index (χ0v) is 34.9. The molecule has 14 heteroatoms. The molecule has 0 aliphatic carbocycles. The molecule has 12 nitrogen and oxygen atoms in total. The first-order chi connectivity index (χ1) is 27.1. The maximum atomic E-state index is 13.9. The SMILES string of the molecule is CCN1/C(=C/C=C2\CSC/C(=C\C=C3\N(CC)c4ccccc4C3(C)C)C2=[N+]2CCN(S(=O)(=O)c3ccc([N+](=O)[O-])cc3[N+](=O)[O-])CC2)C(C)(C)c2ccccc21. The van der Waals surface area contributed by atoms with E-state index in [1.807, 2.05) is 11.8 Å². The Morgan fingerprint density at radius 1 is 0.737 bits per heavy atom. The number of likely N-dealkylation sites (N-methyl/N-ethyl adjacent to an activating group) is 2. The first-order valence-electron chi connectivity index (χ1n) is 19.3. The maximum Gasteiger partial charge on any atom is 0.296 e. The second-order valence-corrected chi connectivity index (χ2v) is 18.6. The lowest BCUT2D eigenvalue weighted by molar-refractivity contribution is -0.536. The van der Waals surface area contributed by atoms with Gasteiger partial charge in [0.2, 0.25) is 15.7 Å². The first kappa shape index (κ1) is 40.2. The van der Waals surface area contributed by atoms with E-state index < -0.39 is 36.1 Å². The van der Waals surface area contributed by atoms with Crippen molar-refractivity contribution in [3.05, 3.63) is 145 Å². The van der Waals surface area contributed by atoms with Crippen molar-refractivity contribution < 1.29 is 22.8 Å². The largest absolute Gasteiger partial charge is 0.344 e. The molecule has 0 spiro atoms. The van der Waals surface area contributed by atoms with E-state index in [4.69, 9.17) is 0 Å². The van der Waals surface area contributed by atoms with Gasteiger partial charge in [-0.3, -0.25) is 20.2 Å². The zero-order valence-electron chi connectivity index (χ0n) is 33.3. The van der Waals surface area contributed by atoms with E-state index >= 15 is 0 Å². The molecule has 0 radical (unpaired) electrons. The molecule has 3 aromatic rings. The highest BCUT2D eigenvalue weighted by molar-refractivity contribution is 7.99. The highest BCUT2D eigenvalue weighted by Gasteiger charge is 2.42. The molecule has 2 saturated heterocycles. The maximum absolute atomic E-state index is 13.9. The molecule has 7 rings (SSSR count). The Balaban J connectivity index is 1.30. The Labute approximate surface area is 338 Å². The van der Waals surface area contributed by atoms with E-state index in [-0.39, 0.29) is 23.9 Å². The van der Waals surface area contributed by atoms with Crippen LogP contribution in [0.25, 0.3) is 0 Å². The number of hydrogen-bond acceptors (Lipinski definition) is 9. The summed E-state index contributed by atoms with van der Waals surface area (Å²) in [5.41, 5.74) is 9.05. The molecule has 0 bridgehead atoms. The molecule has 0 unspecified atom stereocenters. The van der Waals surface area contributed by atoms with Crippen molar-refractivity contribution in [3.8, 4) is 0 Å². The third-order valence-corrected chi connectivity index (χ3v) is 14.7. The van der Waals surface area contributed by atoms with E-state index in [0.29, 0.717) is 19.2 Å². The van der Waals surface area contributed by atoms with E-state index in [1.165, 1.54) is 38.2 Å². The Morgan fingerprint density at radius 2 is 1.23 bits per heavy atom. The Kier molecular flexibility index (Phi) is 10.8. The number of sulfonamides is 1. The van der Waals surface area contributed by atoms with Gasteiger partial charge in [-0.05, 0) is 67.5 Å². The van der Waals surface area contributed by atoms with E-state index in [1.54, 1.807) is 0 Å². The van der Waals surface area contributed by atoms with Crippen LogP contribution in [-0.2, 0) is 20.9 Å². The van der Waals surface area contributed by atoms with Gasteiger partial charge in [0, 0.05) is 75.4 Å². The van der Waals surface area contributed by atoms with Crippen LogP contribution in [-0.4, -0.2) is 83.6 Å². The van der Waals surface area contributed by atoms with Crippen LogP contribution in [0.2, 0.25) is 0 Å². The number of fused-ring (bicyclic) bond motifs is 2. The van der Waals surface area contributed by atoms with Crippen LogP contribution in [0.1, 0.15) is 52.7 Å². The molecule has 0 aromatic heterocycles. The minimum absolute atomic E-state index is 0.0910.